The second-order valence-electron chi connectivity index (χ2n) is 9.86. The van der Waals surface area contributed by atoms with E-state index in [9.17, 15) is 4.79 Å². The Kier molecular flexibility index (Phi) is 5.65. The summed E-state index contributed by atoms with van der Waals surface area (Å²) in [4.78, 5) is 26.7. The molecule has 0 radical (unpaired) electrons. The van der Waals surface area contributed by atoms with E-state index in [2.05, 4.69) is 4.90 Å². The number of likely N-dealkylation sites (tertiary alicyclic amines) is 1. The number of nitrogens with zero attached hydrogens (tertiary/aromatic N) is 6. The molecule has 36 heavy (non-hydrogen) atoms. The maximum atomic E-state index is 12.7. The zero-order valence-electron chi connectivity index (χ0n) is 20.3. The van der Waals surface area contributed by atoms with Crippen LogP contribution in [0.5, 0.6) is 0 Å². The summed E-state index contributed by atoms with van der Waals surface area (Å²) in [6.45, 7) is 7.25. The molecule has 0 spiro atoms. The quantitative estimate of drug-likeness (QED) is 0.354. The molecule has 184 valence electrons. The lowest BCUT2D eigenvalue weighted by atomic mass is 10.0. The number of halogens is 2. The molecule has 4 heterocycles. The minimum absolute atomic E-state index is 0.00275. The molecule has 6 rings (SSSR count). The molecule has 9 heteroatoms. The van der Waals surface area contributed by atoms with E-state index in [0.29, 0.717) is 28.1 Å². The van der Waals surface area contributed by atoms with Crippen LogP contribution >= 0.6 is 23.2 Å². The number of anilines is 1. The van der Waals surface area contributed by atoms with Crippen molar-refractivity contribution in [2.45, 2.75) is 39.3 Å². The summed E-state index contributed by atoms with van der Waals surface area (Å²) in [6, 6.07) is 15.8. The number of aromatic nitrogens is 4. The molecule has 2 fully saturated rings. The van der Waals surface area contributed by atoms with Gasteiger partial charge >= 0.3 is 0 Å². The SMILES string of the molecule is Cc1nc(N2CC3CC2CN3C(=O)C(C)C)n2nc(-c3ccccc3Cl)c(-c3ccc(Cl)cc3)c2n1. The van der Waals surface area contributed by atoms with Gasteiger partial charge in [-0.15, -0.1) is 0 Å². The molecule has 2 saturated heterocycles. The Morgan fingerprint density at radius 3 is 2.42 bits per heavy atom. The molecule has 2 unspecified atom stereocenters. The largest absolute Gasteiger partial charge is 0.336 e. The highest BCUT2D eigenvalue weighted by Crippen LogP contribution is 2.40. The van der Waals surface area contributed by atoms with E-state index in [1.54, 1.807) is 0 Å². The molecule has 0 aliphatic carbocycles. The van der Waals surface area contributed by atoms with E-state index in [0.717, 1.165) is 41.3 Å². The van der Waals surface area contributed by atoms with Crippen LogP contribution in [0.25, 0.3) is 28.0 Å². The van der Waals surface area contributed by atoms with Gasteiger partial charge in [0.1, 0.15) is 11.5 Å². The Bertz CT molecular complexity index is 1480. The molecule has 2 aromatic carbocycles. The molecule has 2 bridgehead atoms. The standard InChI is InChI=1S/C27H26Cl2N6O/c1-15(2)26(36)33-13-20-12-19(33)14-34(20)27-31-16(3)30-25-23(17-8-10-18(28)11-9-17)24(32-35(25)27)21-6-4-5-7-22(21)29/h4-11,15,19-20H,12-14H2,1-3H3. The van der Waals surface area contributed by atoms with Crippen molar-refractivity contribution >= 4 is 40.7 Å². The van der Waals surface area contributed by atoms with Gasteiger partial charge in [-0.25, -0.2) is 4.98 Å². The Balaban J connectivity index is 1.51. The molecule has 1 amide bonds. The zero-order valence-corrected chi connectivity index (χ0v) is 21.8. The van der Waals surface area contributed by atoms with Gasteiger partial charge in [0.05, 0.1) is 22.7 Å². The van der Waals surface area contributed by atoms with Crippen LogP contribution in [-0.2, 0) is 4.79 Å². The molecular weight excluding hydrogens is 495 g/mol. The van der Waals surface area contributed by atoms with E-state index in [4.69, 9.17) is 38.3 Å². The smallest absolute Gasteiger partial charge is 0.230 e. The lowest BCUT2D eigenvalue weighted by Crippen LogP contribution is -2.50. The van der Waals surface area contributed by atoms with Crippen LogP contribution in [0.2, 0.25) is 10.0 Å². The normalized spacial score (nSPS) is 19.2. The minimum Gasteiger partial charge on any atom is -0.336 e. The van der Waals surface area contributed by atoms with Crippen molar-refractivity contribution in [3.8, 4) is 22.4 Å². The molecule has 2 aromatic heterocycles. The van der Waals surface area contributed by atoms with Gasteiger partial charge in [0.2, 0.25) is 11.9 Å². The fourth-order valence-electron chi connectivity index (χ4n) is 5.45. The van der Waals surface area contributed by atoms with Crippen molar-refractivity contribution in [3.05, 3.63) is 64.4 Å². The fourth-order valence-corrected chi connectivity index (χ4v) is 5.80. The number of amides is 1. The number of carbonyl (C=O) groups is 1. The fraction of sp³-hybridized carbons (Fsp3) is 0.333. The van der Waals surface area contributed by atoms with Crippen LogP contribution in [0, 0.1) is 12.8 Å². The highest BCUT2D eigenvalue weighted by molar-refractivity contribution is 6.33. The summed E-state index contributed by atoms with van der Waals surface area (Å²) < 4.78 is 1.84. The number of rotatable bonds is 4. The Morgan fingerprint density at radius 1 is 1.00 bits per heavy atom. The third kappa shape index (κ3) is 3.73. The lowest BCUT2D eigenvalue weighted by molar-refractivity contribution is -0.135. The summed E-state index contributed by atoms with van der Waals surface area (Å²) in [7, 11) is 0. The lowest BCUT2D eigenvalue weighted by Gasteiger charge is -2.35. The predicted octanol–water partition coefficient (Wildman–Crippen LogP) is 5.52. The number of piperazine rings is 1. The van der Waals surface area contributed by atoms with Gasteiger partial charge in [-0.1, -0.05) is 67.4 Å². The summed E-state index contributed by atoms with van der Waals surface area (Å²) in [5, 5.41) is 6.32. The topological polar surface area (TPSA) is 66.6 Å². The second kappa shape index (κ2) is 8.75. The van der Waals surface area contributed by atoms with Crippen molar-refractivity contribution in [2.75, 3.05) is 18.0 Å². The summed E-state index contributed by atoms with van der Waals surface area (Å²) in [6.07, 6.45) is 0.936. The number of hydrogen-bond acceptors (Lipinski definition) is 5. The van der Waals surface area contributed by atoms with Crippen molar-refractivity contribution in [2.24, 2.45) is 5.92 Å². The van der Waals surface area contributed by atoms with Crippen LogP contribution in [0.1, 0.15) is 26.1 Å². The number of aryl methyl sites for hydroxylation is 1. The third-order valence-corrected chi connectivity index (χ3v) is 7.70. The monoisotopic (exact) mass is 520 g/mol. The van der Waals surface area contributed by atoms with Crippen LogP contribution < -0.4 is 4.90 Å². The van der Waals surface area contributed by atoms with Crippen molar-refractivity contribution in [3.63, 3.8) is 0 Å². The molecule has 2 aliphatic rings. The Labute approximate surface area is 219 Å². The van der Waals surface area contributed by atoms with E-state index in [-0.39, 0.29) is 23.9 Å². The van der Waals surface area contributed by atoms with Gasteiger partial charge in [-0.3, -0.25) is 4.79 Å². The summed E-state index contributed by atoms with van der Waals surface area (Å²) >= 11 is 12.8. The third-order valence-electron chi connectivity index (χ3n) is 7.12. The van der Waals surface area contributed by atoms with Gasteiger partial charge in [0.15, 0.2) is 5.65 Å². The molecular formula is C27H26Cl2N6O. The van der Waals surface area contributed by atoms with E-state index < -0.39 is 0 Å². The first-order valence-corrected chi connectivity index (χ1v) is 12.9. The number of fused-ring (bicyclic) bond motifs is 3. The minimum atomic E-state index is -0.00275. The van der Waals surface area contributed by atoms with Gasteiger partial charge in [0.25, 0.3) is 0 Å². The van der Waals surface area contributed by atoms with Crippen LogP contribution in [0.3, 0.4) is 0 Å². The first-order chi connectivity index (χ1) is 17.3. The average Bonchev–Trinajstić information content (AvgIpc) is 3.56. The molecule has 0 saturated carbocycles. The first-order valence-electron chi connectivity index (χ1n) is 12.2. The maximum absolute atomic E-state index is 12.7. The Morgan fingerprint density at radius 2 is 1.75 bits per heavy atom. The zero-order chi connectivity index (χ0) is 25.1. The summed E-state index contributed by atoms with van der Waals surface area (Å²) in [5.41, 5.74) is 4.12. The second-order valence-corrected chi connectivity index (χ2v) is 10.7. The average molecular weight is 521 g/mol. The molecule has 7 nitrogen and oxygen atoms in total. The molecule has 2 aliphatic heterocycles. The summed E-state index contributed by atoms with van der Waals surface area (Å²) in [5.74, 6) is 1.62. The van der Waals surface area contributed by atoms with Gasteiger partial charge in [-0.05, 0) is 37.1 Å². The van der Waals surface area contributed by atoms with Crippen molar-refractivity contribution in [1.82, 2.24) is 24.5 Å². The highest BCUT2D eigenvalue weighted by atomic mass is 35.5. The van der Waals surface area contributed by atoms with Crippen LogP contribution in [-0.4, -0.2) is 55.6 Å². The van der Waals surface area contributed by atoms with E-state index in [1.807, 2.05) is 78.7 Å². The first kappa shape index (κ1) is 23.3. The van der Waals surface area contributed by atoms with Crippen molar-refractivity contribution < 1.29 is 4.79 Å². The predicted molar refractivity (Wildman–Crippen MR) is 143 cm³/mol. The van der Waals surface area contributed by atoms with Crippen LogP contribution in [0.4, 0.5) is 5.95 Å². The van der Waals surface area contributed by atoms with E-state index >= 15 is 0 Å². The Hall–Kier alpha value is -3.16. The van der Waals surface area contributed by atoms with Gasteiger partial charge < -0.3 is 9.80 Å². The highest BCUT2D eigenvalue weighted by Gasteiger charge is 2.47. The molecule has 2 atom stereocenters. The van der Waals surface area contributed by atoms with Crippen molar-refractivity contribution in [1.29, 1.82) is 0 Å². The number of hydrogen-bond donors (Lipinski definition) is 0. The maximum Gasteiger partial charge on any atom is 0.230 e. The molecule has 4 aromatic rings. The van der Waals surface area contributed by atoms with Crippen LogP contribution in [0.15, 0.2) is 48.5 Å². The number of benzene rings is 2. The van der Waals surface area contributed by atoms with Gasteiger partial charge in [0, 0.05) is 29.6 Å². The van der Waals surface area contributed by atoms with Gasteiger partial charge in [-0.2, -0.15) is 14.6 Å². The number of carbonyl (C=O) groups excluding carboxylic acids is 1. The van der Waals surface area contributed by atoms with E-state index in [1.165, 1.54) is 0 Å². The molecule has 0 N–H and O–H groups in total.